The van der Waals surface area contributed by atoms with Crippen LogP contribution in [-0.4, -0.2) is 28.9 Å². The third-order valence-corrected chi connectivity index (χ3v) is 4.42. The molecule has 0 spiro atoms. The molecule has 2 aromatic rings. The molecule has 5 heteroatoms. The van der Waals surface area contributed by atoms with Crippen molar-refractivity contribution in [3.8, 4) is 10.6 Å². The van der Waals surface area contributed by atoms with Crippen molar-refractivity contribution in [3.63, 3.8) is 0 Å². The van der Waals surface area contributed by atoms with Crippen molar-refractivity contribution in [1.29, 1.82) is 0 Å². The first-order valence-corrected chi connectivity index (χ1v) is 8.51. The Bertz CT molecular complexity index is 612. The quantitative estimate of drug-likeness (QED) is 0.737. The maximum atomic E-state index is 12.5. The van der Waals surface area contributed by atoms with E-state index in [2.05, 4.69) is 11.9 Å². The van der Waals surface area contributed by atoms with E-state index in [1.54, 1.807) is 11.3 Å². The van der Waals surface area contributed by atoms with E-state index in [0.717, 1.165) is 35.8 Å². The topological polar surface area (TPSA) is 33.2 Å². The standard InChI is InChI=1S/C16H19ClN2OS/c1-3-8-19(4-2)16(20)13-7-5-6-12(9-13)15-18-14(10-17)11-21-15/h5-7,9,11H,3-4,8,10H2,1-2H3. The maximum absolute atomic E-state index is 12.5. The number of hydrogen-bond acceptors (Lipinski definition) is 3. The van der Waals surface area contributed by atoms with Crippen LogP contribution in [0, 0.1) is 0 Å². The Morgan fingerprint density at radius 1 is 1.38 bits per heavy atom. The SMILES string of the molecule is CCCN(CC)C(=O)c1cccc(-c2nc(CCl)cs2)c1. The van der Waals surface area contributed by atoms with Crippen LogP contribution < -0.4 is 0 Å². The van der Waals surface area contributed by atoms with Crippen LogP contribution in [0.4, 0.5) is 0 Å². The van der Waals surface area contributed by atoms with Gasteiger partial charge in [-0.15, -0.1) is 22.9 Å². The molecule has 0 aliphatic rings. The highest BCUT2D eigenvalue weighted by molar-refractivity contribution is 7.13. The summed E-state index contributed by atoms with van der Waals surface area (Å²) in [7, 11) is 0. The van der Waals surface area contributed by atoms with Gasteiger partial charge >= 0.3 is 0 Å². The minimum Gasteiger partial charge on any atom is -0.339 e. The van der Waals surface area contributed by atoms with Crippen LogP contribution >= 0.6 is 22.9 Å². The van der Waals surface area contributed by atoms with E-state index in [4.69, 9.17) is 11.6 Å². The van der Waals surface area contributed by atoms with Gasteiger partial charge in [0, 0.05) is 29.6 Å². The normalized spacial score (nSPS) is 10.6. The van der Waals surface area contributed by atoms with E-state index in [1.807, 2.05) is 41.5 Å². The lowest BCUT2D eigenvalue weighted by atomic mass is 10.1. The summed E-state index contributed by atoms with van der Waals surface area (Å²) in [6.45, 7) is 5.60. The lowest BCUT2D eigenvalue weighted by molar-refractivity contribution is 0.0764. The summed E-state index contributed by atoms with van der Waals surface area (Å²) in [5.41, 5.74) is 2.55. The van der Waals surface area contributed by atoms with Gasteiger partial charge in [0.1, 0.15) is 5.01 Å². The molecule has 2 rings (SSSR count). The summed E-state index contributed by atoms with van der Waals surface area (Å²) in [5.74, 6) is 0.491. The smallest absolute Gasteiger partial charge is 0.253 e. The summed E-state index contributed by atoms with van der Waals surface area (Å²) in [4.78, 5) is 18.8. The fourth-order valence-electron chi connectivity index (χ4n) is 2.14. The first-order valence-electron chi connectivity index (χ1n) is 7.09. The van der Waals surface area contributed by atoms with E-state index in [9.17, 15) is 4.79 Å². The number of carbonyl (C=O) groups is 1. The van der Waals surface area contributed by atoms with Gasteiger partial charge in [-0.25, -0.2) is 4.98 Å². The average molecular weight is 323 g/mol. The van der Waals surface area contributed by atoms with Crippen LogP contribution in [0.1, 0.15) is 36.3 Å². The third kappa shape index (κ3) is 3.83. The molecule has 0 radical (unpaired) electrons. The van der Waals surface area contributed by atoms with Gasteiger partial charge in [0.15, 0.2) is 0 Å². The monoisotopic (exact) mass is 322 g/mol. The number of amides is 1. The number of thiazole rings is 1. The Balaban J connectivity index is 2.26. The Labute approximate surface area is 134 Å². The summed E-state index contributed by atoms with van der Waals surface area (Å²) in [5, 5.41) is 2.85. The zero-order valence-corrected chi connectivity index (χ0v) is 13.9. The number of benzene rings is 1. The second-order valence-electron chi connectivity index (χ2n) is 4.74. The second-order valence-corrected chi connectivity index (χ2v) is 5.87. The predicted molar refractivity (Wildman–Crippen MR) is 89.0 cm³/mol. The van der Waals surface area contributed by atoms with Crippen LogP contribution in [0.15, 0.2) is 29.6 Å². The van der Waals surface area contributed by atoms with E-state index < -0.39 is 0 Å². The highest BCUT2D eigenvalue weighted by atomic mass is 35.5. The summed E-state index contributed by atoms with van der Waals surface area (Å²) < 4.78 is 0. The van der Waals surface area contributed by atoms with Gasteiger partial charge in [0.2, 0.25) is 0 Å². The molecule has 0 N–H and O–H groups in total. The van der Waals surface area contributed by atoms with Crippen molar-refractivity contribution in [2.45, 2.75) is 26.1 Å². The van der Waals surface area contributed by atoms with Crippen LogP contribution in [0.2, 0.25) is 0 Å². The number of aromatic nitrogens is 1. The molecule has 0 fully saturated rings. The molecule has 0 atom stereocenters. The number of nitrogens with zero attached hydrogens (tertiary/aromatic N) is 2. The van der Waals surface area contributed by atoms with E-state index >= 15 is 0 Å². The van der Waals surface area contributed by atoms with Gasteiger partial charge in [-0.05, 0) is 25.5 Å². The molecule has 0 saturated carbocycles. The molecule has 1 aromatic carbocycles. The molecule has 1 heterocycles. The second kappa shape index (κ2) is 7.57. The fraction of sp³-hybridized carbons (Fsp3) is 0.375. The summed E-state index contributed by atoms with van der Waals surface area (Å²) >= 11 is 7.34. The predicted octanol–water partition coefficient (Wildman–Crippen LogP) is 4.42. The molecule has 1 aromatic heterocycles. The van der Waals surface area contributed by atoms with Crippen LogP contribution in [0.3, 0.4) is 0 Å². The molecule has 0 aliphatic carbocycles. The van der Waals surface area contributed by atoms with E-state index in [0.29, 0.717) is 11.4 Å². The van der Waals surface area contributed by atoms with Gasteiger partial charge < -0.3 is 4.90 Å². The molecular weight excluding hydrogens is 304 g/mol. The number of halogens is 1. The van der Waals surface area contributed by atoms with Crippen molar-refractivity contribution in [2.75, 3.05) is 13.1 Å². The largest absolute Gasteiger partial charge is 0.339 e. The van der Waals surface area contributed by atoms with Gasteiger partial charge in [0.05, 0.1) is 11.6 Å². The van der Waals surface area contributed by atoms with Gasteiger partial charge in [-0.2, -0.15) is 0 Å². The van der Waals surface area contributed by atoms with Crippen molar-refractivity contribution < 1.29 is 4.79 Å². The van der Waals surface area contributed by atoms with Crippen molar-refractivity contribution in [2.24, 2.45) is 0 Å². The highest BCUT2D eigenvalue weighted by Crippen LogP contribution is 2.25. The first kappa shape index (κ1) is 16.0. The molecule has 21 heavy (non-hydrogen) atoms. The van der Waals surface area contributed by atoms with Crippen molar-refractivity contribution >= 4 is 28.8 Å². The number of rotatable bonds is 6. The van der Waals surface area contributed by atoms with Crippen LogP contribution in [0.5, 0.6) is 0 Å². The minimum absolute atomic E-state index is 0.0790. The first-order chi connectivity index (χ1) is 10.2. The molecular formula is C16H19ClN2OS. The van der Waals surface area contributed by atoms with Gasteiger partial charge in [0.25, 0.3) is 5.91 Å². The molecule has 1 amide bonds. The molecule has 0 unspecified atom stereocenters. The number of carbonyl (C=O) groups excluding carboxylic acids is 1. The summed E-state index contributed by atoms with van der Waals surface area (Å²) in [6.07, 6.45) is 0.963. The van der Waals surface area contributed by atoms with E-state index in [1.165, 1.54) is 0 Å². The minimum atomic E-state index is 0.0790. The lowest BCUT2D eigenvalue weighted by Gasteiger charge is -2.20. The zero-order chi connectivity index (χ0) is 15.2. The third-order valence-electron chi connectivity index (χ3n) is 3.21. The maximum Gasteiger partial charge on any atom is 0.253 e. The summed E-state index contributed by atoms with van der Waals surface area (Å²) in [6, 6.07) is 7.66. The fourth-order valence-corrected chi connectivity index (χ4v) is 3.19. The number of hydrogen-bond donors (Lipinski definition) is 0. The van der Waals surface area contributed by atoms with E-state index in [-0.39, 0.29) is 5.91 Å². The van der Waals surface area contributed by atoms with Gasteiger partial charge in [-0.3, -0.25) is 4.79 Å². The van der Waals surface area contributed by atoms with Crippen LogP contribution in [0.25, 0.3) is 10.6 Å². The molecule has 0 aliphatic heterocycles. The van der Waals surface area contributed by atoms with Gasteiger partial charge in [-0.1, -0.05) is 19.1 Å². The zero-order valence-electron chi connectivity index (χ0n) is 12.3. The Hall–Kier alpha value is -1.39. The Kier molecular flexibility index (Phi) is 5.76. The van der Waals surface area contributed by atoms with Crippen LogP contribution in [-0.2, 0) is 5.88 Å². The van der Waals surface area contributed by atoms with Crippen molar-refractivity contribution in [3.05, 3.63) is 40.9 Å². The molecule has 3 nitrogen and oxygen atoms in total. The number of alkyl halides is 1. The lowest BCUT2D eigenvalue weighted by Crippen LogP contribution is -2.31. The molecule has 0 bridgehead atoms. The highest BCUT2D eigenvalue weighted by Gasteiger charge is 2.14. The average Bonchev–Trinajstić information content (AvgIpc) is 3.01. The Morgan fingerprint density at radius 3 is 2.81 bits per heavy atom. The van der Waals surface area contributed by atoms with Crippen molar-refractivity contribution in [1.82, 2.24) is 9.88 Å². The molecule has 112 valence electrons. The molecule has 0 saturated heterocycles. The Morgan fingerprint density at radius 2 is 2.19 bits per heavy atom.